The van der Waals surface area contributed by atoms with Gasteiger partial charge in [0.15, 0.2) is 6.10 Å². The normalized spacial score (nSPS) is 26.0. The fraction of sp³-hybridized carbons (Fsp3) is 0.533. The highest BCUT2D eigenvalue weighted by Gasteiger charge is 2.31. The topological polar surface area (TPSA) is 75.7 Å². The number of benzene rings is 1. The molecule has 0 spiro atoms. The zero-order valence-electron chi connectivity index (χ0n) is 12.7. The SMILES string of the molecule is C[C@@H]1CCCN(S(=O)(=O)c2ccc3c(c2)O[C@@H](C)C(=O)N3)C1. The predicted molar refractivity (Wildman–Crippen MR) is 82.3 cm³/mol. The number of sulfonamides is 1. The quantitative estimate of drug-likeness (QED) is 0.900. The molecule has 2 heterocycles. The summed E-state index contributed by atoms with van der Waals surface area (Å²) in [5.41, 5.74) is 0.508. The van der Waals surface area contributed by atoms with E-state index < -0.39 is 16.1 Å². The molecule has 1 saturated heterocycles. The zero-order chi connectivity index (χ0) is 15.9. The van der Waals surface area contributed by atoms with E-state index in [0.29, 0.717) is 30.4 Å². The predicted octanol–water partition coefficient (Wildman–Crippen LogP) is 1.83. The molecule has 22 heavy (non-hydrogen) atoms. The van der Waals surface area contributed by atoms with Crippen molar-refractivity contribution >= 4 is 21.6 Å². The number of hydrogen-bond donors (Lipinski definition) is 1. The van der Waals surface area contributed by atoms with Gasteiger partial charge in [0.2, 0.25) is 10.0 Å². The standard InChI is InChI=1S/C15H20N2O4S/c1-10-4-3-7-17(9-10)22(19,20)12-5-6-13-14(8-12)21-11(2)15(18)16-13/h5-6,8,10-11H,3-4,7,9H2,1-2H3,(H,16,18)/t10-,11+/m1/s1. The average Bonchev–Trinajstić information content (AvgIpc) is 2.48. The van der Waals surface area contributed by atoms with Gasteiger partial charge in [-0.3, -0.25) is 4.79 Å². The molecule has 0 saturated carbocycles. The Bertz CT molecular complexity index is 701. The van der Waals surface area contributed by atoms with Crippen molar-refractivity contribution < 1.29 is 17.9 Å². The van der Waals surface area contributed by atoms with Gasteiger partial charge in [0, 0.05) is 19.2 Å². The van der Waals surface area contributed by atoms with Crippen molar-refractivity contribution in [3.8, 4) is 5.75 Å². The lowest BCUT2D eigenvalue weighted by molar-refractivity contribution is -0.122. The third-order valence-electron chi connectivity index (χ3n) is 4.14. The molecule has 1 aromatic carbocycles. The highest BCUT2D eigenvalue weighted by molar-refractivity contribution is 7.89. The van der Waals surface area contributed by atoms with Gasteiger partial charge >= 0.3 is 0 Å². The number of rotatable bonds is 2. The summed E-state index contributed by atoms with van der Waals surface area (Å²) in [6.45, 7) is 4.80. The summed E-state index contributed by atoms with van der Waals surface area (Å²) in [6, 6.07) is 4.60. The van der Waals surface area contributed by atoms with Crippen LogP contribution in [0.2, 0.25) is 0 Å². The van der Waals surface area contributed by atoms with Gasteiger partial charge in [-0.15, -0.1) is 0 Å². The lowest BCUT2D eigenvalue weighted by Gasteiger charge is -2.30. The molecule has 1 fully saturated rings. The van der Waals surface area contributed by atoms with Crippen LogP contribution in [-0.4, -0.2) is 37.8 Å². The molecule has 2 aliphatic heterocycles. The summed E-state index contributed by atoms with van der Waals surface area (Å²) in [7, 11) is -3.52. The number of nitrogens with zero attached hydrogens (tertiary/aromatic N) is 1. The number of nitrogens with one attached hydrogen (secondary N) is 1. The van der Waals surface area contributed by atoms with E-state index in [2.05, 4.69) is 12.2 Å². The van der Waals surface area contributed by atoms with Crippen LogP contribution in [0.1, 0.15) is 26.7 Å². The minimum atomic E-state index is -3.52. The molecule has 0 radical (unpaired) electrons. The second kappa shape index (κ2) is 5.55. The molecular formula is C15H20N2O4S. The molecule has 0 bridgehead atoms. The molecule has 0 aromatic heterocycles. The maximum absolute atomic E-state index is 12.7. The number of fused-ring (bicyclic) bond motifs is 1. The van der Waals surface area contributed by atoms with Gasteiger partial charge in [0.1, 0.15) is 5.75 Å². The number of amides is 1. The van der Waals surface area contributed by atoms with E-state index in [1.807, 2.05) is 0 Å². The van der Waals surface area contributed by atoms with Crippen molar-refractivity contribution in [3.63, 3.8) is 0 Å². The first-order valence-electron chi connectivity index (χ1n) is 7.49. The number of piperidine rings is 1. The Balaban J connectivity index is 1.92. The van der Waals surface area contributed by atoms with Crippen molar-refractivity contribution in [2.24, 2.45) is 5.92 Å². The molecule has 120 valence electrons. The van der Waals surface area contributed by atoms with E-state index in [1.165, 1.54) is 16.4 Å². The van der Waals surface area contributed by atoms with Crippen LogP contribution in [0.5, 0.6) is 5.75 Å². The molecule has 2 atom stereocenters. The first-order chi connectivity index (χ1) is 10.4. The van der Waals surface area contributed by atoms with Crippen molar-refractivity contribution in [2.45, 2.75) is 37.7 Å². The van der Waals surface area contributed by atoms with Crippen molar-refractivity contribution in [1.82, 2.24) is 4.31 Å². The number of anilines is 1. The molecule has 2 aliphatic rings. The summed E-state index contributed by atoms with van der Waals surface area (Å²) >= 11 is 0. The highest BCUT2D eigenvalue weighted by atomic mass is 32.2. The second-order valence-corrected chi connectivity index (χ2v) is 7.96. The molecule has 0 aliphatic carbocycles. The van der Waals surface area contributed by atoms with Gasteiger partial charge in [-0.1, -0.05) is 6.92 Å². The Labute approximate surface area is 130 Å². The van der Waals surface area contributed by atoms with Crippen molar-refractivity contribution in [2.75, 3.05) is 18.4 Å². The first kappa shape index (κ1) is 15.3. The van der Waals surface area contributed by atoms with E-state index >= 15 is 0 Å². The fourth-order valence-electron chi connectivity index (χ4n) is 2.86. The third-order valence-corrected chi connectivity index (χ3v) is 6.00. The second-order valence-electron chi connectivity index (χ2n) is 6.02. The van der Waals surface area contributed by atoms with Crippen LogP contribution in [-0.2, 0) is 14.8 Å². The molecule has 6 nitrogen and oxygen atoms in total. The van der Waals surface area contributed by atoms with E-state index in [4.69, 9.17) is 4.74 Å². The van der Waals surface area contributed by atoms with Crippen LogP contribution in [0.4, 0.5) is 5.69 Å². The van der Waals surface area contributed by atoms with E-state index in [9.17, 15) is 13.2 Å². The van der Waals surface area contributed by atoms with Crippen LogP contribution in [0.25, 0.3) is 0 Å². The summed E-state index contributed by atoms with van der Waals surface area (Å²) in [5, 5.41) is 2.70. The van der Waals surface area contributed by atoms with E-state index in [0.717, 1.165) is 12.8 Å². The van der Waals surface area contributed by atoms with E-state index in [1.54, 1.807) is 13.0 Å². The summed E-state index contributed by atoms with van der Waals surface area (Å²) < 4.78 is 32.5. The smallest absolute Gasteiger partial charge is 0.265 e. The maximum Gasteiger partial charge on any atom is 0.265 e. The number of ether oxygens (including phenoxy) is 1. The van der Waals surface area contributed by atoms with Crippen LogP contribution < -0.4 is 10.1 Å². The fourth-order valence-corrected chi connectivity index (χ4v) is 4.47. The lowest BCUT2D eigenvalue weighted by Crippen LogP contribution is -2.39. The van der Waals surface area contributed by atoms with Gasteiger partial charge < -0.3 is 10.1 Å². The zero-order valence-corrected chi connectivity index (χ0v) is 13.5. The maximum atomic E-state index is 12.7. The van der Waals surface area contributed by atoms with Crippen molar-refractivity contribution in [1.29, 1.82) is 0 Å². The number of carbonyl (C=O) groups is 1. The Morgan fingerprint density at radius 2 is 2.09 bits per heavy atom. The molecule has 1 aromatic rings. The Morgan fingerprint density at radius 3 is 2.82 bits per heavy atom. The summed E-state index contributed by atoms with van der Waals surface area (Å²) in [5.74, 6) is 0.544. The van der Waals surface area contributed by atoms with Crippen LogP contribution in [0, 0.1) is 5.92 Å². The molecule has 3 rings (SSSR count). The largest absolute Gasteiger partial charge is 0.479 e. The highest BCUT2D eigenvalue weighted by Crippen LogP contribution is 2.33. The van der Waals surface area contributed by atoms with Gasteiger partial charge in [-0.25, -0.2) is 8.42 Å². The van der Waals surface area contributed by atoms with Crippen LogP contribution in [0.3, 0.4) is 0 Å². The summed E-state index contributed by atoms with van der Waals surface area (Å²) in [4.78, 5) is 11.8. The van der Waals surface area contributed by atoms with Gasteiger partial charge in [-0.2, -0.15) is 4.31 Å². The van der Waals surface area contributed by atoms with Gasteiger partial charge in [0.05, 0.1) is 10.6 Å². The molecule has 1 N–H and O–H groups in total. The first-order valence-corrected chi connectivity index (χ1v) is 8.93. The minimum Gasteiger partial charge on any atom is -0.479 e. The van der Waals surface area contributed by atoms with Gasteiger partial charge in [0.25, 0.3) is 5.91 Å². The number of carbonyl (C=O) groups excluding carboxylic acids is 1. The lowest BCUT2D eigenvalue weighted by atomic mass is 10.0. The van der Waals surface area contributed by atoms with E-state index in [-0.39, 0.29) is 10.8 Å². The van der Waals surface area contributed by atoms with Crippen LogP contribution in [0.15, 0.2) is 23.1 Å². The molecule has 0 unspecified atom stereocenters. The van der Waals surface area contributed by atoms with Gasteiger partial charge in [-0.05, 0) is 37.8 Å². The number of hydrogen-bond acceptors (Lipinski definition) is 4. The third kappa shape index (κ3) is 2.70. The van der Waals surface area contributed by atoms with Crippen LogP contribution >= 0.6 is 0 Å². The monoisotopic (exact) mass is 324 g/mol. The Kier molecular flexibility index (Phi) is 3.86. The Morgan fingerprint density at radius 1 is 1.32 bits per heavy atom. The average molecular weight is 324 g/mol. The molecule has 7 heteroatoms. The summed E-state index contributed by atoms with van der Waals surface area (Å²) in [6.07, 6.45) is 1.32. The minimum absolute atomic E-state index is 0.212. The Hall–Kier alpha value is -1.60. The molecule has 1 amide bonds. The molecular weight excluding hydrogens is 304 g/mol. The van der Waals surface area contributed by atoms with Crippen molar-refractivity contribution in [3.05, 3.63) is 18.2 Å².